The molecule has 0 radical (unpaired) electrons. The molecule has 0 unspecified atom stereocenters. The number of amides is 2. The highest BCUT2D eigenvalue weighted by molar-refractivity contribution is 6.35. The second kappa shape index (κ2) is 7.45. The molecular formula is C16H20ClFN2O6. The first kappa shape index (κ1) is 21.6. The number of carbonyl (C=O) groups excluding carboxylic acids is 2. The number of rotatable bonds is 2. The Kier molecular flexibility index (Phi) is 6.19. The van der Waals surface area contributed by atoms with Crippen molar-refractivity contribution in [1.29, 1.82) is 0 Å². The summed E-state index contributed by atoms with van der Waals surface area (Å²) in [6.07, 6.45) is -2.58. The van der Waals surface area contributed by atoms with Gasteiger partial charge in [-0.15, -0.1) is 0 Å². The lowest BCUT2D eigenvalue weighted by atomic mass is 10.2. The summed E-state index contributed by atoms with van der Waals surface area (Å²) in [6.45, 7) is 9.17. The van der Waals surface area contributed by atoms with Crippen LogP contribution >= 0.6 is 11.6 Å². The van der Waals surface area contributed by atoms with Crippen molar-refractivity contribution in [3.05, 3.63) is 33.1 Å². The Balaban J connectivity index is 3.61. The van der Waals surface area contributed by atoms with E-state index in [4.69, 9.17) is 21.1 Å². The summed E-state index contributed by atoms with van der Waals surface area (Å²) >= 11 is 5.83. The molecule has 0 aliphatic heterocycles. The van der Waals surface area contributed by atoms with Crippen LogP contribution in [0.5, 0.6) is 0 Å². The molecule has 8 nitrogen and oxygen atoms in total. The third kappa shape index (κ3) is 5.55. The van der Waals surface area contributed by atoms with Gasteiger partial charge in [0.15, 0.2) is 5.69 Å². The lowest BCUT2D eigenvalue weighted by molar-refractivity contribution is -0.384. The van der Waals surface area contributed by atoms with Crippen LogP contribution < -0.4 is 4.90 Å². The molecule has 1 aromatic rings. The molecule has 1 aromatic carbocycles. The molecule has 0 aliphatic rings. The number of halogens is 2. The third-order valence-corrected chi connectivity index (χ3v) is 2.98. The normalized spacial score (nSPS) is 11.7. The summed E-state index contributed by atoms with van der Waals surface area (Å²) in [5.41, 5.74) is -3.59. The van der Waals surface area contributed by atoms with E-state index in [-0.39, 0.29) is 4.90 Å². The molecular weight excluding hydrogens is 371 g/mol. The first-order chi connectivity index (χ1) is 11.6. The number of nitrogens with zero attached hydrogens (tertiary/aromatic N) is 2. The molecule has 0 aliphatic carbocycles. The number of ether oxygens (including phenoxy) is 2. The van der Waals surface area contributed by atoms with E-state index in [1.165, 1.54) is 41.5 Å². The van der Waals surface area contributed by atoms with E-state index in [1.54, 1.807) is 0 Å². The van der Waals surface area contributed by atoms with Gasteiger partial charge in [0.1, 0.15) is 22.0 Å². The van der Waals surface area contributed by atoms with Gasteiger partial charge in [0.2, 0.25) is 0 Å². The number of nitro groups is 1. The summed E-state index contributed by atoms with van der Waals surface area (Å²) < 4.78 is 24.1. The topological polar surface area (TPSA) is 99.0 Å². The summed E-state index contributed by atoms with van der Waals surface area (Å²) in [4.78, 5) is 35.7. The molecule has 0 saturated carbocycles. The van der Waals surface area contributed by atoms with Gasteiger partial charge in [-0.05, 0) is 47.6 Å². The average Bonchev–Trinajstić information content (AvgIpc) is 2.39. The number of nitro benzene ring substituents is 1. The molecule has 0 bridgehead atoms. The molecule has 2 amide bonds. The maximum Gasteiger partial charge on any atom is 0.424 e. The second-order valence-corrected chi connectivity index (χ2v) is 7.66. The molecule has 0 heterocycles. The predicted molar refractivity (Wildman–Crippen MR) is 93.0 cm³/mol. The van der Waals surface area contributed by atoms with E-state index in [2.05, 4.69) is 0 Å². The summed E-state index contributed by atoms with van der Waals surface area (Å²) in [5.74, 6) is -1.05. The van der Waals surface area contributed by atoms with Crippen LogP contribution in [-0.4, -0.2) is 28.3 Å². The van der Waals surface area contributed by atoms with Gasteiger partial charge in [0, 0.05) is 6.07 Å². The van der Waals surface area contributed by atoms with Crippen LogP contribution in [0.25, 0.3) is 0 Å². The molecule has 0 spiro atoms. The van der Waals surface area contributed by atoms with E-state index in [1.807, 2.05) is 0 Å². The summed E-state index contributed by atoms with van der Waals surface area (Å²) in [7, 11) is 0. The summed E-state index contributed by atoms with van der Waals surface area (Å²) in [5, 5.41) is 10.5. The standard InChI is InChI=1S/C16H20ClFN2O6/c1-15(2,3)25-13(21)19(14(22)26-16(4,5)6)12-10(20(23)24)8-7-9(18)11(12)17/h7-8H,1-6H3. The van der Waals surface area contributed by atoms with Crippen LogP contribution in [-0.2, 0) is 9.47 Å². The number of hydrogen-bond donors (Lipinski definition) is 0. The van der Waals surface area contributed by atoms with Gasteiger partial charge in [0.05, 0.1) is 4.92 Å². The number of anilines is 1. The maximum atomic E-state index is 13.9. The molecule has 1 rings (SSSR count). The minimum Gasteiger partial charge on any atom is -0.443 e. The number of imide groups is 1. The lowest BCUT2D eigenvalue weighted by Crippen LogP contribution is -2.44. The van der Waals surface area contributed by atoms with Crippen LogP contribution in [0.3, 0.4) is 0 Å². The lowest BCUT2D eigenvalue weighted by Gasteiger charge is -2.28. The van der Waals surface area contributed by atoms with Gasteiger partial charge in [-0.25, -0.2) is 14.0 Å². The van der Waals surface area contributed by atoms with Crippen molar-refractivity contribution < 1.29 is 28.4 Å². The first-order valence-corrected chi connectivity index (χ1v) is 7.90. The Morgan fingerprint density at radius 3 is 1.85 bits per heavy atom. The molecule has 0 N–H and O–H groups in total. The quantitative estimate of drug-likeness (QED) is 0.516. The second-order valence-electron chi connectivity index (χ2n) is 7.28. The first-order valence-electron chi connectivity index (χ1n) is 7.52. The van der Waals surface area contributed by atoms with Gasteiger partial charge >= 0.3 is 12.2 Å². The molecule has 10 heteroatoms. The van der Waals surface area contributed by atoms with Gasteiger partial charge in [-0.1, -0.05) is 11.6 Å². The fourth-order valence-corrected chi connectivity index (χ4v) is 2.01. The van der Waals surface area contributed by atoms with Crippen molar-refractivity contribution in [2.45, 2.75) is 52.7 Å². The van der Waals surface area contributed by atoms with Crippen molar-refractivity contribution in [1.82, 2.24) is 0 Å². The fourth-order valence-electron chi connectivity index (χ4n) is 1.76. The Hall–Kier alpha value is -2.42. The maximum absolute atomic E-state index is 13.9. The Morgan fingerprint density at radius 1 is 1.08 bits per heavy atom. The number of benzene rings is 1. The third-order valence-electron chi connectivity index (χ3n) is 2.62. The predicted octanol–water partition coefficient (Wildman–Crippen LogP) is 5.06. The Labute approximate surface area is 155 Å². The highest BCUT2D eigenvalue weighted by Crippen LogP contribution is 2.38. The van der Waals surface area contributed by atoms with Crippen LogP contribution in [0.2, 0.25) is 5.02 Å². The van der Waals surface area contributed by atoms with Crippen LogP contribution in [0.15, 0.2) is 12.1 Å². The van der Waals surface area contributed by atoms with E-state index < -0.39 is 50.5 Å². The van der Waals surface area contributed by atoms with E-state index in [9.17, 15) is 24.1 Å². The van der Waals surface area contributed by atoms with Gasteiger partial charge in [-0.2, -0.15) is 4.90 Å². The zero-order chi connectivity index (χ0) is 20.4. The van der Waals surface area contributed by atoms with Crippen LogP contribution in [0, 0.1) is 15.9 Å². The highest BCUT2D eigenvalue weighted by atomic mass is 35.5. The number of hydrogen-bond acceptors (Lipinski definition) is 6. The molecule has 0 saturated heterocycles. The fraction of sp³-hybridized carbons (Fsp3) is 0.500. The van der Waals surface area contributed by atoms with Crippen molar-refractivity contribution >= 4 is 35.2 Å². The molecule has 0 fully saturated rings. The van der Waals surface area contributed by atoms with E-state index in [0.717, 1.165) is 12.1 Å². The van der Waals surface area contributed by atoms with Gasteiger partial charge in [-0.3, -0.25) is 10.1 Å². The largest absolute Gasteiger partial charge is 0.443 e. The Bertz CT molecular complexity index is 711. The monoisotopic (exact) mass is 390 g/mol. The van der Waals surface area contributed by atoms with Gasteiger partial charge < -0.3 is 9.47 Å². The minimum atomic E-state index is -1.29. The number of carbonyl (C=O) groups is 2. The smallest absolute Gasteiger partial charge is 0.424 e. The van der Waals surface area contributed by atoms with E-state index >= 15 is 0 Å². The van der Waals surface area contributed by atoms with Crippen molar-refractivity contribution in [2.75, 3.05) is 4.90 Å². The highest BCUT2D eigenvalue weighted by Gasteiger charge is 2.39. The van der Waals surface area contributed by atoms with E-state index in [0.29, 0.717) is 0 Å². The minimum absolute atomic E-state index is 0.222. The molecule has 26 heavy (non-hydrogen) atoms. The van der Waals surface area contributed by atoms with Crippen LogP contribution in [0.4, 0.5) is 25.4 Å². The molecule has 0 aromatic heterocycles. The zero-order valence-corrected chi connectivity index (χ0v) is 16.0. The summed E-state index contributed by atoms with van der Waals surface area (Å²) in [6, 6.07) is 1.55. The molecule has 144 valence electrons. The van der Waals surface area contributed by atoms with Crippen molar-refractivity contribution in [3.63, 3.8) is 0 Å². The zero-order valence-electron chi connectivity index (χ0n) is 15.3. The van der Waals surface area contributed by atoms with Crippen LogP contribution in [0.1, 0.15) is 41.5 Å². The Morgan fingerprint density at radius 2 is 1.50 bits per heavy atom. The van der Waals surface area contributed by atoms with Crippen molar-refractivity contribution in [2.24, 2.45) is 0 Å². The average molecular weight is 391 g/mol. The molecule has 0 atom stereocenters. The van der Waals surface area contributed by atoms with Gasteiger partial charge in [0.25, 0.3) is 5.69 Å². The van der Waals surface area contributed by atoms with Crippen molar-refractivity contribution in [3.8, 4) is 0 Å². The SMILES string of the molecule is CC(C)(C)OC(=O)N(C(=O)OC(C)(C)C)c1c([N+](=O)[O-])ccc(F)c1Cl.